The van der Waals surface area contributed by atoms with Gasteiger partial charge in [-0.15, -0.1) is 0 Å². The number of nitrogens with one attached hydrogen (secondary N) is 1. The molecular weight excluding hydrogens is 280 g/mol. The van der Waals surface area contributed by atoms with E-state index in [-0.39, 0.29) is 5.69 Å². The van der Waals surface area contributed by atoms with Crippen molar-refractivity contribution in [1.82, 2.24) is 14.9 Å². The Morgan fingerprint density at radius 1 is 1.23 bits per heavy atom. The number of hydrogen-bond acceptors (Lipinski definition) is 5. The number of nitrogens with zero attached hydrogens (tertiary/aromatic N) is 3. The van der Waals surface area contributed by atoms with E-state index >= 15 is 0 Å². The van der Waals surface area contributed by atoms with Crippen LogP contribution in [0.4, 0.5) is 5.82 Å². The second-order valence-electron chi connectivity index (χ2n) is 5.31. The third-order valence-corrected chi connectivity index (χ3v) is 3.81. The van der Waals surface area contributed by atoms with Gasteiger partial charge in [0.05, 0.1) is 12.4 Å². The molecule has 2 N–H and O–H groups in total. The number of aromatic carboxylic acids is 1. The van der Waals surface area contributed by atoms with E-state index in [1.807, 2.05) is 0 Å². The molecule has 0 amide bonds. The topological polar surface area (TPSA) is 78.3 Å². The van der Waals surface area contributed by atoms with Crippen molar-refractivity contribution in [2.24, 2.45) is 0 Å². The van der Waals surface area contributed by atoms with Crippen molar-refractivity contribution in [2.45, 2.75) is 13.0 Å². The lowest BCUT2D eigenvalue weighted by atomic mass is 10.00. The Morgan fingerprint density at radius 3 is 2.77 bits per heavy atom. The average Bonchev–Trinajstić information content (AvgIpc) is 2.55. The third-order valence-electron chi connectivity index (χ3n) is 3.81. The smallest absolute Gasteiger partial charge is 0.356 e. The molecule has 0 fully saturated rings. The van der Waals surface area contributed by atoms with Crippen LogP contribution in [0.25, 0.3) is 0 Å². The van der Waals surface area contributed by atoms with Crippen LogP contribution in [-0.4, -0.2) is 45.6 Å². The van der Waals surface area contributed by atoms with Crippen molar-refractivity contribution in [1.29, 1.82) is 0 Å². The molecule has 0 unspecified atom stereocenters. The summed E-state index contributed by atoms with van der Waals surface area (Å²) in [7, 11) is 0. The Morgan fingerprint density at radius 2 is 2.05 bits per heavy atom. The highest BCUT2D eigenvalue weighted by molar-refractivity contribution is 5.84. The van der Waals surface area contributed by atoms with Crippen LogP contribution in [0.1, 0.15) is 21.6 Å². The Bertz CT molecular complexity index is 657. The van der Waals surface area contributed by atoms with Crippen LogP contribution in [0.15, 0.2) is 36.7 Å². The van der Waals surface area contributed by atoms with E-state index in [1.165, 1.54) is 23.5 Å². The first-order valence-corrected chi connectivity index (χ1v) is 7.31. The van der Waals surface area contributed by atoms with Gasteiger partial charge in [-0.25, -0.2) is 14.8 Å². The number of hydrogen-bond donors (Lipinski definition) is 2. The lowest BCUT2D eigenvalue weighted by Crippen LogP contribution is -2.34. The quantitative estimate of drug-likeness (QED) is 0.874. The molecule has 114 valence electrons. The van der Waals surface area contributed by atoms with Crippen molar-refractivity contribution in [3.8, 4) is 0 Å². The van der Waals surface area contributed by atoms with Gasteiger partial charge in [-0.1, -0.05) is 24.3 Å². The van der Waals surface area contributed by atoms with Gasteiger partial charge in [0.1, 0.15) is 5.82 Å². The highest BCUT2D eigenvalue weighted by Gasteiger charge is 2.14. The van der Waals surface area contributed by atoms with Gasteiger partial charge in [0.15, 0.2) is 5.69 Å². The van der Waals surface area contributed by atoms with Gasteiger partial charge in [0.25, 0.3) is 0 Å². The molecule has 1 aromatic heterocycles. The standard InChI is InChI=1S/C16H18N4O2/c21-16(22)14-9-19-15(10-18-14)17-6-8-20-7-5-12-3-1-2-4-13(12)11-20/h1-4,9-10H,5-8,11H2,(H,17,19)(H,21,22). The number of fused-ring (bicyclic) bond motifs is 1. The zero-order chi connectivity index (χ0) is 15.4. The fourth-order valence-electron chi connectivity index (χ4n) is 2.62. The molecule has 0 aliphatic carbocycles. The molecule has 22 heavy (non-hydrogen) atoms. The number of carboxylic acids is 1. The molecule has 1 aliphatic heterocycles. The lowest BCUT2D eigenvalue weighted by molar-refractivity contribution is 0.0690. The van der Waals surface area contributed by atoms with Crippen LogP contribution < -0.4 is 5.32 Å². The normalized spacial score (nSPS) is 14.4. The minimum atomic E-state index is -1.06. The van der Waals surface area contributed by atoms with E-state index < -0.39 is 5.97 Å². The fraction of sp³-hybridized carbons (Fsp3) is 0.312. The zero-order valence-electron chi connectivity index (χ0n) is 12.2. The summed E-state index contributed by atoms with van der Waals surface area (Å²) >= 11 is 0. The monoisotopic (exact) mass is 298 g/mol. The SMILES string of the molecule is O=C(O)c1cnc(NCCN2CCc3ccccc3C2)cn1. The summed E-state index contributed by atoms with van der Waals surface area (Å²) in [6.07, 6.45) is 3.81. The maximum atomic E-state index is 10.7. The summed E-state index contributed by atoms with van der Waals surface area (Å²) in [5, 5.41) is 11.9. The summed E-state index contributed by atoms with van der Waals surface area (Å²) in [5.74, 6) is -0.464. The Kier molecular flexibility index (Phi) is 4.29. The van der Waals surface area contributed by atoms with Crippen LogP contribution >= 0.6 is 0 Å². The predicted molar refractivity (Wildman–Crippen MR) is 82.9 cm³/mol. The minimum absolute atomic E-state index is 0.0433. The highest BCUT2D eigenvalue weighted by atomic mass is 16.4. The fourth-order valence-corrected chi connectivity index (χ4v) is 2.62. The Hall–Kier alpha value is -2.47. The second kappa shape index (κ2) is 6.53. The van der Waals surface area contributed by atoms with Crippen LogP contribution in [0.3, 0.4) is 0 Å². The molecule has 6 heteroatoms. The minimum Gasteiger partial charge on any atom is -0.476 e. The Labute approximate surface area is 128 Å². The molecule has 6 nitrogen and oxygen atoms in total. The van der Waals surface area contributed by atoms with Gasteiger partial charge < -0.3 is 10.4 Å². The number of aromatic nitrogens is 2. The van der Waals surface area contributed by atoms with E-state index in [0.717, 1.165) is 32.6 Å². The number of rotatable bonds is 5. The first-order valence-electron chi connectivity index (χ1n) is 7.31. The molecule has 2 heterocycles. The number of anilines is 1. The van der Waals surface area contributed by atoms with Gasteiger partial charge in [-0.3, -0.25) is 4.90 Å². The summed E-state index contributed by atoms with van der Waals surface area (Å²) in [6, 6.07) is 8.56. The van der Waals surface area contributed by atoms with Crippen molar-refractivity contribution < 1.29 is 9.90 Å². The maximum absolute atomic E-state index is 10.7. The third kappa shape index (κ3) is 3.40. The predicted octanol–water partition coefficient (Wildman–Crippen LogP) is 1.64. The molecule has 0 atom stereocenters. The summed E-state index contributed by atoms with van der Waals surface area (Å²) in [6.45, 7) is 3.70. The maximum Gasteiger partial charge on any atom is 0.356 e. The largest absolute Gasteiger partial charge is 0.476 e. The molecule has 0 radical (unpaired) electrons. The molecule has 0 saturated heterocycles. The molecule has 0 saturated carbocycles. The van der Waals surface area contributed by atoms with E-state index in [9.17, 15) is 4.79 Å². The molecule has 1 aliphatic rings. The molecular formula is C16H18N4O2. The number of carboxylic acid groups (broad SMARTS) is 1. The van der Waals surface area contributed by atoms with Gasteiger partial charge in [0.2, 0.25) is 0 Å². The summed E-state index contributed by atoms with van der Waals surface area (Å²) in [5.41, 5.74) is 2.80. The van der Waals surface area contributed by atoms with Crippen molar-refractivity contribution >= 4 is 11.8 Å². The van der Waals surface area contributed by atoms with Gasteiger partial charge in [-0.05, 0) is 17.5 Å². The van der Waals surface area contributed by atoms with Crippen LogP contribution in [0.2, 0.25) is 0 Å². The van der Waals surface area contributed by atoms with Crippen molar-refractivity contribution in [3.05, 3.63) is 53.5 Å². The number of benzene rings is 1. The molecule has 0 bridgehead atoms. The van der Waals surface area contributed by atoms with E-state index in [1.54, 1.807) is 0 Å². The summed E-state index contributed by atoms with van der Waals surface area (Å²) < 4.78 is 0. The van der Waals surface area contributed by atoms with E-state index in [4.69, 9.17) is 5.11 Å². The van der Waals surface area contributed by atoms with Crippen molar-refractivity contribution in [3.63, 3.8) is 0 Å². The van der Waals surface area contributed by atoms with Gasteiger partial charge in [0, 0.05) is 26.2 Å². The van der Waals surface area contributed by atoms with Crippen molar-refractivity contribution in [2.75, 3.05) is 25.0 Å². The second-order valence-corrected chi connectivity index (χ2v) is 5.31. The molecule has 1 aromatic carbocycles. The molecule has 3 rings (SSSR count). The number of carbonyl (C=O) groups is 1. The van der Waals surface area contributed by atoms with Crippen LogP contribution in [0.5, 0.6) is 0 Å². The van der Waals surface area contributed by atoms with E-state index in [0.29, 0.717) is 5.82 Å². The van der Waals surface area contributed by atoms with E-state index in [2.05, 4.69) is 44.5 Å². The average molecular weight is 298 g/mol. The zero-order valence-corrected chi connectivity index (χ0v) is 12.2. The first-order chi connectivity index (χ1) is 10.7. The molecule has 0 spiro atoms. The van der Waals surface area contributed by atoms with Crippen LogP contribution in [0, 0.1) is 0 Å². The van der Waals surface area contributed by atoms with Crippen LogP contribution in [-0.2, 0) is 13.0 Å². The summed E-state index contributed by atoms with van der Waals surface area (Å²) in [4.78, 5) is 21.0. The first kappa shape index (κ1) is 14.5. The highest BCUT2D eigenvalue weighted by Crippen LogP contribution is 2.17. The van der Waals surface area contributed by atoms with Gasteiger partial charge >= 0.3 is 5.97 Å². The van der Waals surface area contributed by atoms with Gasteiger partial charge in [-0.2, -0.15) is 0 Å². The lowest BCUT2D eigenvalue weighted by Gasteiger charge is -2.28. The molecule has 2 aromatic rings. The Balaban J connectivity index is 1.49.